The number of carbonyl (C=O) groups excluding carboxylic acids is 1. The van der Waals surface area contributed by atoms with Gasteiger partial charge in [-0.15, -0.1) is 0 Å². The average Bonchev–Trinajstić information content (AvgIpc) is 2.34. The van der Waals surface area contributed by atoms with E-state index in [9.17, 15) is 4.79 Å². The minimum atomic E-state index is 0.254. The maximum atomic E-state index is 12.1. The lowest BCUT2D eigenvalue weighted by Gasteiger charge is -2.37. The second-order valence-electron chi connectivity index (χ2n) is 5.41. The Morgan fingerprint density at radius 3 is 2.47 bits per heavy atom. The number of nitrogens with two attached hydrogens (primary N) is 1. The Labute approximate surface area is 105 Å². The molecule has 2 atom stereocenters. The first-order chi connectivity index (χ1) is 8.06. The van der Waals surface area contributed by atoms with Gasteiger partial charge in [-0.3, -0.25) is 4.79 Å². The molecule has 2 N–H and O–H groups in total. The number of carbonyl (C=O) groups is 1. The van der Waals surface area contributed by atoms with E-state index < -0.39 is 0 Å². The minimum absolute atomic E-state index is 0.254. The fourth-order valence-electron chi connectivity index (χ4n) is 2.65. The van der Waals surface area contributed by atoms with Gasteiger partial charge in [-0.25, -0.2) is 0 Å². The molecule has 2 unspecified atom stereocenters. The van der Waals surface area contributed by atoms with E-state index in [1.54, 1.807) is 0 Å². The summed E-state index contributed by atoms with van der Waals surface area (Å²) in [6, 6.07) is 0.364. The maximum absolute atomic E-state index is 12.1. The molecular formula is C13H27N3O. The molecule has 17 heavy (non-hydrogen) atoms. The quantitative estimate of drug-likeness (QED) is 0.778. The second kappa shape index (κ2) is 6.97. The van der Waals surface area contributed by atoms with E-state index in [0.29, 0.717) is 24.9 Å². The monoisotopic (exact) mass is 241 g/mol. The van der Waals surface area contributed by atoms with Crippen molar-refractivity contribution in [2.24, 2.45) is 11.7 Å². The summed E-state index contributed by atoms with van der Waals surface area (Å²) in [5.41, 5.74) is 5.81. The van der Waals surface area contributed by atoms with Crippen LogP contribution in [0.25, 0.3) is 0 Å². The zero-order valence-electron chi connectivity index (χ0n) is 11.5. The first-order valence-corrected chi connectivity index (χ1v) is 6.66. The average molecular weight is 241 g/mol. The third-order valence-electron chi connectivity index (χ3n) is 3.84. The Balaban J connectivity index is 2.48. The molecule has 0 radical (unpaired) electrons. The van der Waals surface area contributed by atoms with Crippen molar-refractivity contribution in [1.82, 2.24) is 9.80 Å². The zero-order chi connectivity index (χ0) is 12.8. The number of nitrogens with zero attached hydrogens (tertiary/aromatic N) is 2. The highest BCUT2D eigenvalue weighted by atomic mass is 16.2. The molecule has 1 saturated carbocycles. The number of hydrogen-bond donors (Lipinski definition) is 1. The Morgan fingerprint density at radius 1 is 1.24 bits per heavy atom. The molecule has 1 aliphatic carbocycles. The van der Waals surface area contributed by atoms with Crippen LogP contribution >= 0.6 is 0 Å². The highest BCUT2D eigenvalue weighted by molar-refractivity contribution is 5.76. The predicted molar refractivity (Wildman–Crippen MR) is 70.7 cm³/mol. The Bertz CT molecular complexity index is 243. The molecule has 0 aliphatic heterocycles. The standard InChI is InChI=1S/C13H27N3O/c1-15(2)9-8-13(17)16(3)12-7-5-4-6-11(12)10-14/h11-12H,4-10,14H2,1-3H3. The summed E-state index contributed by atoms with van der Waals surface area (Å²) in [6.45, 7) is 1.53. The molecule has 0 spiro atoms. The van der Waals surface area contributed by atoms with Crippen LogP contribution < -0.4 is 5.73 Å². The zero-order valence-corrected chi connectivity index (χ0v) is 11.5. The SMILES string of the molecule is CN(C)CCC(=O)N(C)C1CCCCC1CN. The van der Waals surface area contributed by atoms with Crippen LogP contribution in [0.15, 0.2) is 0 Å². The van der Waals surface area contributed by atoms with Gasteiger partial charge in [-0.1, -0.05) is 12.8 Å². The maximum Gasteiger partial charge on any atom is 0.223 e. The molecule has 1 fully saturated rings. The van der Waals surface area contributed by atoms with E-state index in [2.05, 4.69) is 0 Å². The van der Waals surface area contributed by atoms with Crippen LogP contribution in [-0.4, -0.2) is 56.0 Å². The van der Waals surface area contributed by atoms with Gasteiger partial charge in [0.25, 0.3) is 0 Å². The normalized spacial score (nSPS) is 25.0. The number of amides is 1. The van der Waals surface area contributed by atoms with Crippen molar-refractivity contribution in [3.05, 3.63) is 0 Å². The molecule has 1 aliphatic rings. The molecule has 0 aromatic heterocycles. The van der Waals surface area contributed by atoms with Crippen LogP contribution in [-0.2, 0) is 4.79 Å². The van der Waals surface area contributed by atoms with Crippen molar-refractivity contribution in [3.63, 3.8) is 0 Å². The summed E-state index contributed by atoms with van der Waals surface area (Å²) in [5.74, 6) is 0.751. The second-order valence-corrected chi connectivity index (χ2v) is 5.41. The lowest BCUT2D eigenvalue weighted by Crippen LogP contribution is -2.46. The van der Waals surface area contributed by atoms with E-state index in [1.165, 1.54) is 19.3 Å². The van der Waals surface area contributed by atoms with E-state index >= 15 is 0 Å². The van der Waals surface area contributed by atoms with Crippen molar-refractivity contribution in [1.29, 1.82) is 0 Å². The molecule has 0 bridgehead atoms. The number of hydrogen-bond acceptors (Lipinski definition) is 3. The fraction of sp³-hybridized carbons (Fsp3) is 0.923. The summed E-state index contributed by atoms with van der Waals surface area (Å²) in [7, 11) is 5.93. The third kappa shape index (κ3) is 4.28. The Morgan fingerprint density at radius 2 is 1.88 bits per heavy atom. The van der Waals surface area contributed by atoms with Crippen LogP contribution in [0.2, 0.25) is 0 Å². The molecule has 4 nitrogen and oxygen atoms in total. The van der Waals surface area contributed by atoms with Gasteiger partial charge in [0.1, 0.15) is 0 Å². The topological polar surface area (TPSA) is 49.6 Å². The molecule has 4 heteroatoms. The van der Waals surface area contributed by atoms with Gasteiger partial charge in [-0.05, 0) is 39.4 Å². The van der Waals surface area contributed by atoms with E-state index in [-0.39, 0.29) is 5.91 Å². The molecule has 100 valence electrons. The largest absolute Gasteiger partial charge is 0.342 e. The molecule has 0 saturated heterocycles. The summed E-state index contributed by atoms with van der Waals surface area (Å²) in [5, 5.41) is 0. The summed E-state index contributed by atoms with van der Waals surface area (Å²) < 4.78 is 0. The minimum Gasteiger partial charge on any atom is -0.342 e. The smallest absolute Gasteiger partial charge is 0.223 e. The van der Waals surface area contributed by atoms with Crippen LogP contribution in [0.3, 0.4) is 0 Å². The van der Waals surface area contributed by atoms with Crippen LogP contribution in [0.5, 0.6) is 0 Å². The van der Waals surface area contributed by atoms with Crippen molar-refractivity contribution in [3.8, 4) is 0 Å². The van der Waals surface area contributed by atoms with E-state index in [1.807, 2.05) is 30.9 Å². The fourth-order valence-corrected chi connectivity index (χ4v) is 2.65. The molecule has 0 heterocycles. The van der Waals surface area contributed by atoms with E-state index in [4.69, 9.17) is 5.73 Å². The summed E-state index contributed by atoms with van der Waals surface area (Å²) >= 11 is 0. The lowest BCUT2D eigenvalue weighted by atomic mass is 9.83. The van der Waals surface area contributed by atoms with Crippen molar-refractivity contribution in [2.45, 2.75) is 38.1 Å². The van der Waals surface area contributed by atoms with Crippen molar-refractivity contribution < 1.29 is 4.79 Å². The van der Waals surface area contributed by atoms with E-state index in [0.717, 1.165) is 13.0 Å². The van der Waals surface area contributed by atoms with Crippen molar-refractivity contribution >= 4 is 5.91 Å². The highest BCUT2D eigenvalue weighted by Crippen LogP contribution is 2.27. The summed E-state index contributed by atoms with van der Waals surface area (Å²) in [6.07, 6.45) is 5.39. The van der Waals surface area contributed by atoms with Gasteiger partial charge in [0, 0.05) is 26.1 Å². The molecule has 0 aromatic rings. The molecule has 0 aromatic carbocycles. The van der Waals surface area contributed by atoms with Gasteiger partial charge in [0.15, 0.2) is 0 Å². The van der Waals surface area contributed by atoms with Crippen LogP contribution in [0.1, 0.15) is 32.1 Å². The Kier molecular flexibility index (Phi) is 5.92. The van der Waals surface area contributed by atoms with Gasteiger partial charge < -0.3 is 15.5 Å². The van der Waals surface area contributed by atoms with Gasteiger partial charge >= 0.3 is 0 Å². The van der Waals surface area contributed by atoms with Crippen molar-refractivity contribution in [2.75, 3.05) is 34.2 Å². The first-order valence-electron chi connectivity index (χ1n) is 6.66. The third-order valence-corrected chi connectivity index (χ3v) is 3.84. The van der Waals surface area contributed by atoms with Gasteiger partial charge in [0.05, 0.1) is 0 Å². The molecular weight excluding hydrogens is 214 g/mol. The van der Waals surface area contributed by atoms with Gasteiger partial charge in [-0.2, -0.15) is 0 Å². The lowest BCUT2D eigenvalue weighted by molar-refractivity contribution is -0.133. The Hall–Kier alpha value is -0.610. The van der Waals surface area contributed by atoms with Crippen LogP contribution in [0, 0.1) is 5.92 Å². The van der Waals surface area contributed by atoms with Gasteiger partial charge in [0.2, 0.25) is 5.91 Å². The molecule has 1 amide bonds. The molecule has 1 rings (SSSR count). The van der Waals surface area contributed by atoms with Crippen LogP contribution in [0.4, 0.5) is 0 Å². The number of rotatable bonds is 5. The summed E-state index contributed by atoms with van der Waals surface area (Å²) in [4.78, 5) is 16.1. The predicted octanol–water partition coefficient (Wildman–Crippen LogP) is 0.914. The highest BCUT2D eigenvalue weighted by Gasteiger charge is 2.29. The first kappa shape index (κ1) is 14.5.